The number of nitrogens with one attached hydrogen (secondary N) is 1. The zero-order chi connectivity index (χ0) is 10.0. The molecule has 4 heteroatoms. The second-order valence-corrected chi connectivity index (χ2v) is 4.29. The predicted molar refractivity (Wildman–Crippen MR) is 54.8 cm³/mol. The number of thiophene rings is 1. The number of rotatable bonds is 2. The largest absolute Gasteiger partial charge is 0.324 e. The number of nitriles is 1. The van der Waals surface area contributed by atoms with E-state index in [9.17, 15) is 4.79 Å². The molecule has 1 heterocycles. The standard InChI is InChI=1S/C10H10N2OS/c11-7-10(3-1-4-10)9(13)12-8-2-5-14-6-8/h2,5-6H,1,3-4H2,(H,12,13). The van der Waals surface area contributed by atoms with E-state index in [-0.39, 0.29) is 5.91 Å². The van der Waals surface area contributed by atoms with Gasteiger partial charge in [-0.3, -0.25) is 4.79 Å². The fourth-order valence-electron chi connectivity index (χ4n) is 1.51. The van der Waals surface area contributed by atoms with Gasteiger partial charge in [0.05, 0.1) is 11.8 Å². The average Bonchev–Trinajstić information content (AvgIpc) is 2.55. The Morgan fingerprint density at radius 1 is 1.64 bits per heavy atom. The monoisotopic (exact) mass is 206 g/mol. The Bertz CT molecular complexity index is 373. The van der Waals surface area contributed by atoms with Crippen LogP contribution in [0.2, 0.25) is 0 Å². The van der Waals surface area contributed by atoms with Gasteiger partial charge in [-0.25, -0.2) is 0 Å². The smallest absolute Gasteiger partial charge is 0.244 e. The molecule has 0 atom stereocenters. The van der Waals surface area contributed by atoms with Crippen LogP contribution in [0.25, 0.3) is 0 Å². The van der Waals surface area contributed by atoms with E-state index < -0.39 is 5.41 Å². The maximum Gasteiger partial charge on any atom is 0.244 e. The molecule has 1 aromatic rings. The zero-order valence-corrected chi connectivity index (χ0v) is 8.43. The van der Waals surface area contributed by atoms with Crippen molar-refractivity contribution < 1.29 is 4.79 Å². The van der Waals surface area contributed by atoms with Crippen LogP contribution in [0.15, 0.2) is 16.8 Å². The minimum absolute atomic E-state index is 0.148. The van der Waals surface area contributed by atoms with Crippen molar-refractivity contribution in [3.05, 3.63) is 16.8 Å². The van der Waals surface area contributed by atoms with Gasteiger partial charge in [-0.2, -0.15) is 16.6 Å². The Morgan fingerprint density at radius 3 is 2.86 bits per heavy atom. The zero-order valence-electron chi connectivity index (χ0n) is 7.62. The van der Waals surface area contributed by atoms with E-state index in [1.807, 2.05) is 16.8 Å². The second-order valence-electron chi connectivity index (χ2n) is 3.51. The first-order valence-electron chi connectivity index (χ1n) is 4.52. The molecule has 0 aromatic carbocycles. The van der Waals surface area contributed by atoms with Gasteiger partial charge in [-0.05, 0) is 30.7 Å². The van der Waals surface area contributed by atoms with Crippen LogP contribution in [-0.2, 0) is 4.79 Å². The number of amides is 1. The van der Waals surface area contributed by atoms with Gasteiger partial charge in [0.2, 0.25) is 5.91 Å². The predicted octanol–water partition coefficient (Wildman–Crippen LogP) is 2.38. The van der Waals surface area contributed by atoms with Crippen molar-refractivity contribution >= 4 is 22.9 Å². The molecule has 1 aliphatic rings. The first-order chi connectivity index (χ1) is 6.77. The Labute approximate surface area is 86.4 Å². The highest BCUT2D eigenvalue weighted by atomic mass is 32.1. The average molecular weight is 206 g/mol. The first-order valence-corrected chi connectivity index (χ1v) is 5.46. The minimum atomic E-state index is -0.748. The van der Waals surface area contributed by atoms with E-state index in [1.54, 1.807) is 0 Å². The molecule has 1 saturated carbocycles. The molecule has 0 aliphatic heterocycles. The molecule has 0 spiro atoms. The van der Waals surface area contributed by atoms with Crippen molar-refractivity contribution in [2.75, 3.05) is 5.32 Å². The molecule has 1 fully saturated rings. The maximum atomic E-state index is 11.7. The quantitative estimate of drug-likeness (QED) is 0.807. The summed E-state index contributed by atoms with van der Waals surface area (Å²) in [5.41, 5.74) is 0.0450. The Morgan fingerprint density at radius 2 is 2.43 bits per heavy atom. The molecule has 1 aliphatic carbocycles. The Hall–Kier alpha value is -1.34. The summed E-state index contributed by atoms with van der Waals surface area (Å²) >= 11 is 1.53. The van der Waals surface area contributed by atoms with E-state index in [4.69, 9.17) is 5.26 Å². The van der Waals surface area contributed by atoms with Gasteiger partial charge in [0, 0.05) is 5.38 Å². The number of carbonyl (C=O) groups is 1. The van der Waals surface area contributed by atoms with Gasteiger partial charge >= 0.3 is 0 Å². The topological polar surface area (TPSA) is 52.9 Å². The maximum absolute atomic E-state index is 11.7. The molecule has 72 valence electrons. The summed E-state index contributed by atoms with van der Waals surface area (Å²) in [6, 6.07) is 3.96. The molecule has 1 amide bonds. The third-order valence-electron chi connectivity index (χ3n) is 2.63. The molecule has 0 unspecified atom stereocenters. The van der Waals surface area contributed by atoms with Crippen molar-refractivity contribution in [2.24, 2.45) is 5.41 Å². The van der Waals surface area contributed by atoms with Crippen LogP contribution in [0, 0.1) is 16.7 Å². The molecule has 0 saturated heterocycles. The number of anilines is 1. The minimum Gasteiger partial charge on any atom is -0.324 e. The van der Waals surface area contributed by atoms with Gasteiger partial charge in [0.1, 0.15) is 5.41 Å². The van der Waals surface area contributed by atoms with E-state index >= 15 is 0 Å². The summed E-state index contributed by atoms with van der Waals surface area (Å²) in [7, 11) is 0. The third kappa shape index (κ3) is 1.40. The lowest BCUT2D eigenvalue weighted by Crippen LogP contribution is -2.40. The summed E-state index contributed by atoms with van der Waals surface area (Å²) in [5, 5.41) is 15.5. The van der Waals surface area contributed by atoms with E-state index in [0.29, 0.717) is 12.8 Å². The van der Waals surface area contributed by atoms with Gasteiger partial charge in [0.15, 0.2) is 0 Å². The van der Waals surface area contributed by atoms with E-state index in [0.717, 1.165) is 12.1 Å². The fourth-order valence-corrected chi connectivity index (χ4v) is 2.09. The molecule has 14 heavy (non-hydrogen) atoms. The van der Waals surface area contributed by atoms with Crippen molar-refractivity contribution in [2.45, 2.75) is 19.3 Å². The summed E-state index contributed by atoms with van der Waals surface area (Å²) in [6.45, 7) is 0. The van der Waals surface area contributed by atoms with E-state index in [1.165, 1.54) is 11.3 Å². The van der Waals surface area contributed by atoms with Crippen molar-refractivity contribution in [3.8, 4) is 6.07 Å². The number of hydrogen-bond donors (Lipinski definition) is 1. The highest BCUT2D eigenvalue weighted by molar-refractivity contribution is 7.08. The second kappa shape index (κ2) is 3.43. The van der Waals surface area contributed by atoms with Gasteiger partial charge in [-0.1, -0.05) is 0 Å². The van der Waals surface area contributed by atoms with Crippen LogP contribution in [-0.4, -0.2) is 5.91 Å². The molecule has 3 nitrogen and oxygen atoms in total. The molecular formula is C10H10N2OS. The molecule has 1 N–H and O–H groups in total. The van der Waals surface area contributed by atoms with Crippen LogP contribution in [0.1, 0.15) is 19.3 Å². The van der Waals surface area contributed by atoms with Gasteiger partial charge in [-0.15, -0.1) is 0 Å². The Kier molecular flexibility index (Phi) is 2.26. The summed E-state index contributed by atoms with van der Waals surface area (Å²) in [6.07, 6.45) is 2.36. The normalized spacial score (nSPS) is 17.9. The van der Waals surface area contributed by atoms with Crippen molar-refractivity contribution in [1.29, 1.82) is 5.26 Å². The molecule has 0 bridgehead atoms. The van der Waals surface area contributed by atoms with Crippen LogP contribution >= 0.6 is 11.3 Å². The van der Waals surface area contributed by atoms with E-state index in [2.05, 4.69) is 11.4 Å². The Balaban J connectivity index is 2.06. The summed E-state index contributed by atoms with van der Waals surface area (Å²) in [5.74, 6) is -0.148. The number of nitrogens with zero attached hydrogens (tertiary/aromatic N) is 1. The van der Waals surface area contributed by atoms with Crippen LogP contribution in [0.5, 0.6) is 0 Å². The summed E-state index contributed by atoms with van der Waals surface area (Å²) in [4.78, 5) is 11.7. The number of carbonyl (C=O) groups excluding carboxylic acids is 1. The van der Waals surface area contributed by atoms with Gasteiger partial charge in [0.25, 0.3) is 0 Å². The lowest BCUT2D eigenvalue weighted by Gasteiger charge is -2.33. The molecule has 1 aromatic heterocycles. The first kappa shape index (κ1) is 9.22. The van der Waals surface area contributed by atoms with Crippen molar-refractivity contribution in [1.82, 2.24) is 0 Å². The number of hydrogen-bond acceptors (Lipinski definition) is 3. The molecular weight excluding hydrogens is 196 g/mol. The third-order valence-corrected chi connectivity index (χ3v) is 3.32. The lowest BCUT2D eigenvalue weighted by molar-refractivity contribution is -0.126. The molecule has 0 radical (unpaired) electrons. The van der Waals surface area contributed by atoms with Crippen molar-refractivity contribution in [3.63, 3.8) is 0 Å². The van der Waals surface area contributed by atoms with Crippen LogP contribution < -0.4 is 5.32 Å². The highest BCUT2D eigenvalue weighted by Gasteiger charge is 2.44. The SMILES string of the molecule is N#CC1(C(=O)Nc2ccsc2)CCC1. The van der Waals surface area contributed by atoms with Gasteiger partial charge < -0.3 is 5.32 Å². The highest BCUT2D eigenvalue weighted by Crippen LogP contribution is 2.41. The molecule has 2 rings (SSSR count). The lowest BCUT2D eigenvalue weighted by atomic mass is 9.69. The van der Waals surface area contributed by atoms with Crippen LogP contribution in [0.3, 0.4) is 0 Å². The van der Waals surface area contributed by atoms with Crippen LogP contribution in [0.4, 0.5) is 5.69 Å². The summed E-state index contributed by atoms with van der Waals surface area (Å²) < 4.78 is 0. The fraction of sp³-hybridized carbons (Fsp3) is 0.400.